The second-order valence-electron chi connectivity index (χ2n) is 6.15. The van der Waals surface area contributed by atoms with Crippen LogP contribution in [0.3, 0.4) is 0 Å². The molecule has 0 fully saturated rings. The lowest BCUT2D eigenvalue weighted by molar-refractivity contribution is -0.132. The van der Waals surface area contributed by atoms with E-state index >= 15 is 0 Å². The summed E-state index contributed by atoms with van der Waals surface area (Å²) in [6, 6.07) is 7.84. The van der Waals surface area contributed by atoms with E-state index in [4.69, 9.17) is 0 Å². The van der Waals surface area contributed by atoms with Crippen molar-refractivity contribution in [3.8, 4) is 11.3 Å². The van der Waals surface area contributed by atoms with Gasteiger partial charge in [0.1, 0.15) is 6.33 Å². The second-order valence-corrected chi connectivity index (χ2v) is 6.15. The Hall–Kier alpha value is -3.02. The highest BCUT2D eigenvalue weighted by molar-refractivity contribution is 5.77. The van der Waals surface area contributed by atoms with Gasteiger partial charge in [-0.15, -0.1) is 0 Å². The number of nitrogens with one attached hydrogen (secondary N) is 1. The van der Waals surface area contributed by atoms with Crippen molar-refractivity contribution in [3.63, 3.8) is 0 Å². The van der Waals surface area contributed by atoms with Gasteiger partial charge < -0.3 is 9.88 Å². The fraction of sp³-hybridized carbons (Fsp3) is 0.263. The van der Waals surface area contributed by atoms with Crippen LogP contribution in [0, 0.1) is 0 Å². The minimum absolute atomic E-state index is 0.168. The van der Waals surface area contributed by atoms with Crippen molar-refractivity contribution in [1.29, 1.82) is 0 Å². The smallest absolute Gasteiger partial charge is 0.223 e. The Morgan fingerprint density at radius 3 is 3.00 bits per heavy atom. The largest absolute Gasteiger partial charge is 0.365 e. The van der Waals surface area contributed by atoms with E-state index in [-0.39, 0.29) is 5.91 Å². The molecule has 3 aromatic rings. The number of nitrogens with zero attached hydrogens (tertiary/aromatic N) is 4. The number of H-pyrrole nitrogens is 1. The van der Waals surface area contributed by atoms with Crippen LogP contribution in [0.25, 0.3) is 11.3 Å². The molecule has 0 bridgehead atoms. The predicted octanol–water partition coefficient (Wildman–Crippen LogP) is 2.38. The van der Waals surface area contributed by atoms with E-state index in [1.54, 1.807) is 18.7 Å². The standard InChI is InChI=1S/C19H19N5O/c25-18(6-5-15-4-2-9-21-15)24-10-7-17-16(12-24)19(23-13-22-17)14-3-1-8-20-11-14/h1-4,8-9,11,13,21H,5-7,10,12H2. The molecule has 0 unspecified atom stereocenters. The average Bonchev–Trinajstić information content (AvgIpc) is 3.19. The molecule has 0 radical (unpaired) electrons. The van der Waals surface area contributed by atoms with Crippen LogP contribution in [0.5, 0.6) is 0 Å². The Morgan fingerprint density at radius 2 is 2.20 bits per heavy atom. The van der Waals surface area contributed by atoms with Crippen LogP contribution in [0.15, 0.2) is 49.2 Å². The third-order valence-electron chi connectivity index (χ3n) is 4.56. The van der Waals surface area contributed by atoms with Gasteiger partial charge in [0.05, 0.1) is 11.4 Å². The molecule has 0 aliphatic carbocycles. The number of fused-ring (bicyclic) bond motifs is 1. The molecule has 6 heteroatoms. The van der Waals surface area contributed by atoms with E-state index in [1.807, 2.05) is 35.4 Å². The van der Waals surface area contributed by atoms with Gasteiger partial charge in [0.25, 0.3) is 0 Å². The molecule has 0 saturated carbocycles. The number of amides is 1. The molecule has 0 spiro atoms. The zero-order valence-corrected chi connectivity index (χ0v) is 13.9. The highest BCUT2D eigenvalue weighted by Crippen LogP contribution is 2.27. The van der Waals surface area contributed by atoms with Crippen molar-refractivity contribution in [2.45, 2.75) is 25.8 Å². The number of rotatable bonds is 4. The molecule has 126 valence electrons. The summed E-state index contributed by atoms with van der Waals surface area (Å²) in [5, 5.41) is 0. The SMILES string of the molecule is O=C(CCc1ccc[nH]1)N1CCc2ncnc(-c3cccnc3)c2C1. The normalized spacial score (nSPS) is 13.5. The quantitative estimate of drug-likeness (QED) is 0.795. The third-order valence-corrected chi connectivity index (χ3v) is 4.56. The van der Waals surface area contributed by atoms with E-state index in [0.29, 0.717) is 19.5 Å². The molecular formula is C19H19N5O. The first-order chi connectivity index (χ1) is 12.3. The summed E-state index contributed by atoms with van der Waals surface area (Å²) < 4.78 is 0. The minimum Gasteiger partial charge on any atom is -0.365 e. The topological polar surface area (TPSA) is 74.8 Å². The van der Waals surface area contributed by atoms with Gasteiger partial charge in [-0.2, -0.15) is 0 Å². The highest BCUT2D eigenvalue weighted by atomic mass is 16.2. The summed E-state index contributed by atoms with van der Waals surface area (Å²) in [6.45, 7) is 1.27. The van der Waals surface area contributed by atoms with E-state index in [2.05, 4.69) is 19.9 Å². The van der Waals surface area contributed by atoms with Gasteiger partial charge in [0.15, 0.2) is 0 Å². The van der Waals surface area contributed by atoms with Gasteiger partial charge in [0, 0.05) is 61.3 Å². The Bertz CT molecular complexity index is 861. The van der Waals surface area contributed by atoms with Gasteiger partial charge >= 0.3 is 0 Å². The molecule has 1 aliphatic heterocycles. The number of aromatic amines is 1. The maximum atomic E-state index is 12.6. The summed E-state index contributed by atoms with van der Waals surface area (Å²) in [6.07, 6.45) is 9.03. The second kappa shape index (κ2) is 6.84. The lowest BCUT2D eigenvalue weighted by Gasteiger charge is -2.29. The number of pyridine rings is 1. The van der Waals surface area contributed by atoms with Gasteiger partial charge in [-0.1, -0.05) is 0 Å². The van der Waals surface area contributed by atoms with Crippen molar-refractivity contribution in [3.05, 3.63) is 66.1 Å². The van der Waals surface area contributed by atoms with E-state index < -0.39 is 0 Å². The van der Waals surface area contributed by atoms with E-state index in [0.717, 1.165) is 41.1 Å². The molecule has 0 saturated heterocycles. The maximum absolute atomic E-state index is 12.6. The molecule has 0 atom stereocenters. The Labute approximate surface area is 146 Å². The van der Waals surface area contributed by atoms with Gasteiger partial charge in [0.2, 0.25) is 5.91 Å². The van der Waals surface area contributed by atoms with Crippen LogP contribution in [-0.2, 0) is 24.2 Å². The fourth-order valence-electron chi connectivity index (χ4n) is 3.23. The zero-order chi connectivity index (χ0) is 17.1. The van der Waals surface area contributed by atoms with Crippen LogP contribution < -0.4 is 0 Å². The molecule has 4 rings (SSSR count). The molecule has 4 heterocycles. The van der Waals surface area contributed by atoms with Gasteiger partial charge in [-0.3, -0.25) is 9.78 Å². The average molecular weight is 333 g/mol. The number of aromatic nitrogens is 4. The summed E-state index contributed by atoms with van der Waals surface area (Å²) in [7, 11) is 0. The third kappa shape index (κ3) is 3.28. The number of carbonyl (C=O) groups excluding carboxylic acids is 1. The fourth-order valence-corrected chi connectivity index (χ4v) is 3.23. The first kappa shape index (κ1) is 15.5. The van der Waals surface area contributed by atoms with Crippen LogP contribution in [0.4, 0.5) is 0 Å². The maximum Gasteiger partial charge on any atom is 0.223 e. The highest BCUT2D eigenvalue weighted by Gasteiger charge is 2.24. The summed E-state index contributed by atoms with van der Waals surface area (Å²) in [5.41, 5.74) is 4.99. The number of hydrogen-bond donors (Lipinski definition) is 1. The van der Waals surface area contributed by atoms with Crippen molar-refractivity contribution in [2.75, 3.05) is 6.54 Å². The molecular weight excluding hydrogens is 314 g/mol. The van der Waals surface area contributed by atoms with E-state index in [1.165, 1.54) is 0 Å². The Morgan fingerprint density at radius 1 is 1.24 bits per heavy atom. The predicted molar refractivity (Wildman–Crippen MR) is 93.5 cm³/mol. The number of aryl methyl sites for hydroxylation is 1. The molecule has 6 nitrogen and oxygen atoms in total. The summed E-state index contributed by atoms with van der Waals surface area (Å²) in [5.74, 6) is 0.168. The summed E-state index contributed by atoms with van der Waals surface area (Å²) >= 11 is 0. The number of carbonyl (C=O) groups is 1. The van der Waals surface area contributed by atoms with Crippen molar-refractivity contribution in [1.82, 2.24) is 24.8 Å². The van der Waals surface area contributed by atoms with Gasteiger partial charge in [-0.05, 0) is 30.7 Å². The molecule has 1 amide bonds. The Balaban J connectivity index is 1.53. The number of hydrogen-bond acceptors (Lipinski definition) is 4. The van der Waals surface area contributed by atoms with Crippen LogP contribution in [0.1, 0.15) is 23.4 Å². The van der Waals surface area contributed by atoms with Crippen LogP contribution in [0.2, 0.25) is 0 Å². The van der Waals surface area contributed by atoms with Crippen LogP contribution >= 0.6 is 0 Å². The van der Waals surface area contributed by atoms with E-state index in [9.17, 15) is 4.79 Å². The molecule has 0 aromatic carbocycles. The Kier molecular flexibility index (Phi) is 4.24. The zero-order valence-electron chi connectivity index (χ0n) is 13.9. The minimum atomic E-state index is 0.168. The lowest BCUT2D eigenvalue weighted by Crippen LogP contribution is -2.37. The first-order valence-electron chi connectivity index (χ1n) is 8.44. The molecule has 25 heavy (non-hydrogen) atoms. The first-order valence-corrected chi connectivity index (χ1v) is 8.44. The molecule has 1 N–H and O–H groups in total. The van der Waals surface area contributed by atoms with Crippen molar-refractivity contribution < 1.29 is 4.79 Å². The van der Waals surface area contributed by atoms with Crippen LogP contribution in [-0.4, -0.2) is 37.3 Å². The van der Waals surface area contributed by atoms with Crippen molar-refractivity contribution >= 4 is 5.91 Å². The van der Waals surface area contributed by atoms with Gasteiger partial charge in [-0.25, -0.2) is 9.97 Å². The molecule has 3 aromatic heterocycles. The lowest BCUT2D eigenvalue weighted by atomic mass is 10.00. The van der Waals surface area contributed by atoms with Crippen molar-refractivity contribution in [2.24, 2.45) is 0 Å². The molecule has 1 aliphatic rings. The summed E-state index contributed by atoms with van der Waals surface area (Å²) in [4.78, 5) is 30.7. The monoisotopic (exact) mass is 333 g/mol.